The lowest BCUT2D eigenvalue weighted by Crippen LogP contribution is -2.44. The van der Waals surface area contributed by atoms with Crippen LogP contribution in [0.15, 0.2) is 29.2 Å². The lowest BCUT2D eigenvalue weighted by atomic mass is 10.1. The summed E-state index contributed by atoms with van der Waals surface area (Å²) in [6.07, 6.45) is 0.367. The van der Waals surface area contributed by atoms with Crippen molar-refractivity contribution in [2.45, 2.75) is 23.6 Å². The minimum Gasteiger partial charge on any atom is -0.297 e. The van der Waals surface area contributed by atoms with Crippen LogP contribution in [0, 0.1) is 6.92 Å². The van der Waals surface area contributed by atoms with Gasteiger partial charge in [-0.15, -0.1) is 11.6 Å². The first-order valence-corrected chi connectivity index (χ1v) is 7.52. The molecular weight excluding hydrogens is 274 g/mol. The van der Waals surface area contributed by atoms with E-state index in [0.29, 0.717) is 6.42 Å². The van der Waals surface area contributed by atoms with Crippen LogP contribution >= 0.6 is 11.6 Å². The largest absolute Gasteiger partial charge is 0.297 e. The fraction of sp³-hybridized carbons (Fsp3) is 0.417. The van der Waals surface area contributed by atoms with Gasteiger partial charge in [-0.2, -0.15) is 4.31 Å². The van der Waals surface area contributed by atoms with E-state index in [1.807, 2.05) is 6.92 Å². The summed E-state index contributed by atoms with van der Waals surface area (Å²) in [7, 11) is -3.58. The fourth-order valence-electron chi connectivity index (χ4n) is 1.83. The van der Waals surface area contributed by atoms with Crippen LogP contribution in [0.3, 0.4) is 0 Å². The summed E-state index contributed by atoms with van der Waals surface area (Å²) in [6, 6.07) is 6.59. The van der Waals surface area contributed by atoms with Crippen LogP contribution in [0.4, 0.5) is 0 Å². The number of alkyl halides is 1. The summed E-state index contributed by atoms with van der Waals surface area (Å²) in [5.74, 6) is -0.237. The average molecular weight is 288 g/mol. The molecule has 1 aliphatic rings. The molecule has 1 unspecified atom stereocenters. The van der Waals surface area contributed by atoms with Crippen molar-refractivity contribution in [3.05, 3.63) is 29.8 Å². The van der Waals surface area contributed by atoms with Crippen LogP contribution in [-0.4, -0.2) is 37.0 Å². The van der Waals surface area contributed by atoms with Crippen LogP contribution in [0.5, 0.6) is 0 Å². The number of piperidine rings is 1. The van der Waals surface area contributed by atoms with Gasteiger partial charge < -0.3 is 0 Å². The van der Waals surface area contributed by atoms with Crippen molar-refractivity contribution in [1.82, 2.24) is 4.31 Å². The van der Waals surface area contributed by atoms with Crippen molar-refractivity contribution in [2.24, 2.45) is 0 Å². The van der Waals surface area contributed by atoms with E-state index in [9.17, 15) is 13.2 Å². The number of nitrogens with zero attached hydrogens (tertiary/aromatic N) is 1. The summed E-state index contributed by atoms with van der Waals surface area (Å²) >= 11 is 5.78. The Morgan fingerprint density at radius 1 is 1.28 bits per heavy atom. The van der Waals surface area contributed by atoms with Gasteiger partial charge in [0.15, 0.2) is 5.78 Å². The van der Waals surface area contributed by atoms with Crippen molar-refractivity contribution in [3.63, 3.8) is 0 Å². The quantitative estimate of drug-likeness (QED) is 0.776. The number of aryl methyl sites for hydroxylation is 1. The first-order chi connectivity index (χ1) is 8.41. The molecule has 6 heteroatoms. The van der Waals surface area contributed by atoms with Gasteiger partial charge >= 0.3 is 0 Å². The van der Waals surface area contributed by atoms with Gasteiger partial charge in [0, 0.05) is 6.54 Å². The van der Waals surface area contributed by atoms with E-state index >= 15 is 0 Å². The zero-order valence-electron chi connectivity index (χ0n) is 9.97. The van der Waals surface area contributed by atoms with Gasteiger partial charge in [-0.1, -0.05) is 17.7 Å². The molecular formula is C12H14ClNO3S. The normalized spacial score (nSPS) is 22.1. The van der Waals surface area contributed by atoms with Gasteiger partial charge in [0.2, 0.25) is 10.0 Å². The monoisotopic (exact) mass is 287 g/mol. The summed E-state index contributed by atoms with van der Waals surface area (Å²) < 4.78 is 25.8. The van der Waals surface area contributed by atoms with Crippen LogP contribution in [0.1, 0.15) is 12.0 Å². The summed E-state index contributed by atoms with van der Waals surface area (Å²) in [5, 5.41) is -0.561. The number of hydrogen-bond acceptors (Lipinski definition) is 3. The fourth-order valence-corrected chi connectivity index (χ4v) is 3.42. The van der Waals surface area contributed by atoms with Crippen molar-refractivity contribution < 1.29 is 13.2 Å². The highest BCUT2D eigenvalue weighted by Gasteiger charge is 2.33. The number of carbonyl (C=O) groups excluding carboxylic acids is 1. The number of ketones is 1. The second kappa shape index (κ2) is 4.99. The molecule has 4 nitrogen and oxygen atoms in total. The van der Waals surface area contributed by atoms with E-state index in [-0.39, 0.29) is 23.8 Å². The SMILES string of the molecule is Cc1ccc(S(=O)(=O)N2CCC(Cl)C(=O)C2)cc1. The molecule has 1 atom stereocenters. The molecule has 0 radical (unpaired) electrons. The Bertz CT molecular complexity index is 553. The first-order valence-electron chi connectivity index (χ1n) is 5.65. The Hall–Kier alpha value is -0.910. The third-order valence-electron chi connectivity index (χ3n) is 2.97. The molecule has 1 aromatic carbocycles. The second-order valence-electron chi connectivity index (χ2n) is 4.37. The molecule has 98 valence electrons. The molecule has 0 aliphatic carbocycles. The third-order valence-corrected chi connectivity index (χ3v) is 5.29. The van der Waals surface area contributed by atoms with Crippen LogP contribution in [0.2, 0.25) is 0 Å². The van der Waals surface area contributed by atoms with Gasteiger partial charge in [-0.3, -0.25) is 4.79 Å². The third kappa shape index (κ3) is 2.58. The molecule has 0 bridgehead atoms. The maximum Gasteiger partial charge on any atom is 0.243 e. The lowest BCUT2D eigenvalue weighted by molar-refractivity contribution is -0.120. The molecule has 1 saturated heterocycles. The first kappa shape index (κ1) is 13.5. The highest BCUT2D eigenvalue weighted by atomic mass is 35.5. The average Bonchev–Trinajstić information content (AvgIpc) is 2.33. The van der Waals surface area contributed by atoms with Gasteiger partial charge in [0.1, 0.15) is 0 Å². The van der Waals surface area contributed by atoms with E-state index in [4.69, 9.17) is 11.6 Å². The predicted molar refractivity (Wildman–Crippen MR) is 69.2 cm³/mol. The second-order valence-corrected chi connectivity index (χ2v) is 6.84. The van der Waals surface area contributed by atoms with E-state index < -0.39 is 15.4 Å². The van der Waals surface area contributed by atoms with E-state index in [1.165, 1.54) is 4.31 Å². The Morgan fingerprint density at radius 2 is 1.89 bits per heavy atom. The number of rotatable bonds is 2. The lowest BCUT2D eigenvalue weighted by Gasteiger charge is -2.27. The number of hydrogen-bond donors (Lipinski definition) is 0. The highest BCUT2D eigenvalue weighted by molar-refractivity contribution is 7.89. The van der Waals surface area contributed by atoms with Crippen molar-refractivity contribution in [3.8, 4) is 0 Å². The minimum absolute atomic E-state index is 0.135. The summed E-state index contributed by atoms with van der Waals surface area (Å²) in [4.78, 5) is 11.7. The van der Waals surface area contributed by atoms with Crippen LogP contribution < -0.4 is 0 Å². The maximum atomic E-state index is 12.3. The predicted octanol–water partition coefficient (Wildman–Crippen LogP) is 1.57. The highest BCUT2D eigenvalue weighted by Crippen LogP contribution is 2.21. The Morgan fingerprint density at radius 3 is 2.44 bits per heavy atom. The zero-order valence-corrected chi connectivity index (χ0v) is 11.5. The molecule has 1 aliphatic heterocycles. The molecule has 0 N–H and O–H groups in total. The zero-order chi connectivity index (χ0) is 13.3. The van der Waals surface area contributed by atoms with E-state index in [0.717, 1.165) is 5.56 Å². The number of sulfonamides is 1. The molecule has 1 fully saturated rings. The summed E-state index contributed by atoms with van der Waals surface area (Å²) in [5.41, 5.74) is 0.990. The number of halogens is 1. The maximum absolute atomic E-state index is 12.3. The molecule has 0 aromatic heterocycles. The minimum atomic E-state index is -3.58. The number of Topliss-reactive ketones (excluding diaryl/α,β-unsaturated/α-hetero) is 1. The molecule has 0 saturated carbocycles. The van der Waals surface area contributed by atoms with Crippen molar-refractivity contribution in [2.75, 3.05) is 13.1 Å². The van der Waals surface area contributed by atoms with Crippen LogP contribution in [0.25, 0.3) is 0 Å². The molecule has 1 aromatic rings. The smallest absolute Gasteiger partial charge is 0.243 e. The number of benzene rings is 1. The van der Waals surface area contributed by atoms with Gasteiger partial charge in [0.05, 0.1) is 16.8 Å². The Balaban J connectivity index is 2.26. The number of carbonyl (C=O) groups is 1. The van der Waals surface area contributed by atoms with E-state index in [2.05, 4.69) is 0 Å². The van der Waals surface area contributed by atoms with Gasteiger partial charge in [-0.25, -0.2) is 8.42 Å². The van der Waals surface area contributed by atoms with Gasteiger partial charge in [-0.05, 0) is 25.5 Å². The molecule has 18 heavy (non-hydrogen) atoms. The van der Waals surface area contributed by atoms with Crippen molar-refractivity contribution in [1.29, 1.82) is 0 Å². The molecule has 2 rings (SSSR count). The topological polar surface area (TPSA) is 54.5 Å². The van der Waals surface area contributed by atoms with Crippen molar-refractivity contribution >= 4 is 27.4 Å². The summed E-state index contributed by atoms with van der Waals surface area (Å²) in [6.45, 7) is 2.04. The Labute approximate surface area is 112 Å². The Kier molecular flexibility index (Phi) is 3.75. The van der Waals surface area contributed by atoms with Crippen LogP contribution in [-0.2, 0) is 14.8 Å². The standard InChI is InChI=1S/C12H14ClNO3S/c1-9-2-4-10(5-3-9)18(16,17)14-7-6-11(13)12(15)8-14/h2-5,11H,6-8H2,1H3. The molecule has 0 amide bonds. The van der Waals surface area contributed by atoms with E-state index in [1.54, 1.807) is 24.3 Å². The van der Waals surface area contributed by atoms with Gasteiger partial charge in [0.25, 0.3) is 0 Å². The molecule has 0 spiro atoms. The molecule has 1 heterocycles.